The van der Waals surface area contributed by atoms with E-state index in [0.717, 1.165) is 36.1 Å². The lowest BCUT2D eigenvalue weighted by Gasteiger charge is -2.26. The predicted molar refractivity (Wildman–Crippen MR) is 78.3 cm³/mol. The average molecular weight is 274 g/mol. The highest BCUT2D eigenvalue weighted by atomic mass is 16.5. The van der Waals surface area contributed by atoms with Crippen LogP contribution < -0.4 is 4.74 Å². The van der Waals surface area contributed by atoms with Gasteiger partial charge in [-0.1, -0.05) is 19.8 Å². The molecule has 1 aromatic carbocycles. The lowest BCUT2D eigenvalue weighted by Crippen LogP contribution is -2.30. The van der Waals surface area contributed by atoms with E-state index < -0.39 is 5.41 Å². The zero-order valence-electron chi connectivity index (χ0n) is 12.5. The third kappa shape index (κ3) is 2.62. The monoisotopic (exact) mass is 274 g/mol. The molecule has 108 valence electrons. The summed E-state index contributed by atoms with van der Waals surface area (Å²) >= 11 is 0. The van der Waals surface area contributed by atoms with Crippen LogP contribution in [0.3, 0.4) is 0 Å². The zero-order chi connectivity index (χ0) is 14.8. The SMILES string of the molecule is CCCCC1(CC(C)=O)Cc2cc(OC)ccc2C1=O. The van der Waals surface area contributed by atoms with Gasteiger partial charge in [0.15, 0.2) is 5.78 Å². The van der Waals surface area contributed by atoms with Gasteiger partial charge in [0, 0.05) is 17.4 Å². The first-order chi connectivity index (χ1) is 9.52. The zero-order valence-corrected chi connectivity index (χ0v) is 12.5. The first-order valence-electron chi connectivity index (χ1n) is 7.23. The van der Waals surface area contributed by atoms with Crippen molar-refractivity contribution in [3.8, 4) is 5.75 Å². The molecule has 3 heteroatoms. The van der Waals surface area contributed by atoms with Gasteiger partial charge in [0.1, 0.15) is 11.5 Å². The van der Waals surface area contributed by atoms with Crippen molar-refractivity contribution in [2.75, 3.05) is 7.11 Å². The molecule has 1 atom stereocenters. The Hall–Kier alpha value is -1.64. The normalized spacial score (nSPS) is 20.9. The van der Waals surface area contributed by atoms with E-state index in [1.165, 1.54) is 0 Å². The molecule has 1 aromatic rings. The van der Waals surface area contributed by atoms with Crippen molar-refractivity contribution in [2.24, 2.45) is 5.41 Å². The van der Waals surface area contributed by atoms with Crippen LogP contribution in [0.5, 0.6) is 5.75 Å². The third-order valence-electron chi connectivity index (χ3n) is 4.16. The molecule has 1 aliphatic rings. The van der Waals surface area contributed by atoms with E-state index in [1.54, 1.807) is 14.0 Å². The summed E-state index contributed by atoms with van der Waals surface area (Å²) in [6.45, 7) is 3.68. The number of carbonyl (C=O) groups is 2. The standard InChI is InChI=1S/C17H22O3/c1-4-5-8-17(10-12(2)18)11-13-9-14(20-3)6-7-15(13)16(17)19/h6-7,9H,4-5,8,10-11H2,1-3H3. The number of benzene rings is 1. The van der Waals surface area contributed by atoms with Crippen LogP contribution in [0.15, 0.2) is 18.2 Å². The van der Waals surface area contributed by atoms with Gasteiger partial charge in [-0.25, -0.2) is 0 Å². The summed E-state index contributed by atoms with van der Waals surface area (Å²) in [5.41, 5.74) is 1.27. The molecule has 2 rings (SSSR count). The van der Waals surface area contributed by atoms with Crippen molar-refractivity contribution in [1.29, 1.82) is 0 Å². The van der Waals surface area contributed by atoms with E-state index >= 15 is 0 Å². The van der Waals surface area contributed by atoms with Crippen molar-refractivity contribution in [2.45, 2.75) is 46.0 Å². The van der Waals surface area contributed by atoms with Gasteiger partial charge in [0.25, 0.3) is 0 Å². The van der Waals surface area contributed by atoms with E-state index in [9.17, 15) is 9.59 Å². The van der Waals surface area contributed by atoms with Crippen molar-refractivity contribution in [3.63, 3.8) is 0 Å². The summed E-state index contributed by atoms with van der Waals surface area (Å²) in [7, 11) is 1.62. The number of carbonyl (C=O) groups excluding carboxylic acids is 2. The molecule has 0 fully saturated rings. The molecule has 0 radical (unpaired) electrons. The Bertz CT molecular complexity index is 533. The van der Waals surface area contributed by atoms with E-state index in [4.69, 9.17) is 4.74 Å². The lowest BCUT2D eigenvalue weighted by atomic mass is 9.75. The molecule has 0 aliphatic heterocycles. The minimum Gasteiger partial charge on any atom is -0.497 e. The molecule has 0 amide bonds. The van der Waals surface area contributed by atoms with Crippen LogP contribution in [-0.4, -0.2) is 18.7 Å². The Kier molecular flexibility index (Phi) is 4.26. The van der Waals surface area contributed by atoms with Crippen LogP contribution >= 0.6 is 0 Å². The fourth-order valence-corrected chi connectivity index (χ4v) is 3.22. The first-order valence-corrected chi connectivity index (χ1v) is 7.23. The number of rotatable bonds is 6. The van der Waals surface area contributed by atoms with Crippen LogP contribution in [-0.2, 0) is 11.2 Å². The fourth-order valence-electron chi connectivity index (χ4n) is 3.22. The number of methoxy groups -OCH3 is 1. The minimum absolute atomic E-state index is 0.0919. The third-order valence-corrected chi connectivity index (χ3v) is 4.16. The maximum Gasteiger partial charge on any atom is 0.170 e. The summed E-state index contributed by atoms with van der Waals surface area (Å²) in [5.74, 6) is 0.999. The number of Topliss-reactive ketones (excluding diaryl/α,β-unsaturated/α-hetero) is 2. The van der Waals surface area contributed by atoms with E-state index in [2.05, 4.69) is 6.92 Å². The molecular weight excluding hydrogens is 252 g/mol. The smallest absolute Gasteiger partial charge is 0.170 e. The van der Waals surface area contributed by atoms with Crippen molar-refractivity contribution < 1.29 is 14.3 Å². The Morgan fingerprint density at radius 2 is 2.15 bits per heavy atom. The summed E-state index contributed by atoms with van der Waals surface area (Å²) in [4.78, 5) is 24.4. The number of unbranched alkanes of at least 4 members (excludes halogenated alkanes) is 1. The van der Waals surface area contributed by atoms with Crippen LogP contribution in [0.4, 0.5) is 0 Å². The maximum absolute atomic E-state index is 12.8. The highest BCUT2D eigenvalue weighted by Crippen LogP contribution is 2.44. The molecule has 0 saturated carbocycles. The largest absolute Gasteiger partial charge is 0.497 e. The van der Waals surface area contributed by atoms with Crippen molar-refractivity contribution in [1.82, 2.24) is 0 Å². The van der Waals surface area contributed by atoms with Crippen LogP contribution in [0.2, 0.25) is 0 Å². The Labute approximate surface area is 120 Å². The highest BCUT2D eigenvalue weighted by molar-refractivity contribution is 6.06. The molecule has 0 saturated heterocycles. The summed E-state index contributed by atoms with van der Waals surface area (Å²) in [5, 5.41) is 0. The van der Waals surface area contributed by atoms with Crippen molar-refractivity contribution in [3.05, 3.63) is 29.3 Å². The van der Waals surface area contributed by atoms with Gasteiger partial charge >= 0.3 is 0 Å². The molecular formula is C17H22O3. The molecule has 1 aliphatic carbocycles. The van der Waals surface area contributed by atoms with Crippen LogP contribution in [0.25, 0.3) is 0 Å². The predicted octanol–water partition coefficient (Wildman–Crippen LogP) is 3.59. The van der Waals surface area contributed by atoms with Crippen molar-refractivity contribution >= 4 is 11.6 Å². The molecule has 3 nitrogen and oxygen atoms in total. The van der Waals surface area contributed by atoms with Gasteiger partial charge in [0.2, 0.25) is 0 Å². The second kappa shape index (κ2) is 5.78. The lowest BCUT2D eigenvalue weighted by molar-refractivity contribution is -0.118. The number of fused-ring (bicyclic) bond motifs is 1. The Morgan fingerprint density at radius 1 is 1.40 bits per heavy atom. The highest BCUT2D eigenvalue weighted by Gasteiger charge is 2.45. The Balaban J connectivity index is 2.36. The van der Waals surface area contributed by atoms with Gasteiger partial charge in [-0.2, -0.15) is 0 Å². The maximum atomic E-state index is 12.8. The van der Waals surface area contributed by atoms with Crippen LogP contribution in [0, 0.1) is 5.41 Å². The van der Waals surface area contributed by atoms with E-state index in [-0.39, 0.29) is 11.6 Å². The summed E-state index contributed by atoms with van der Waals surface area (Å²) in [6, 6.07) is 5.59. The minimum atomic E-state index is -0.517. The molecule has 0 aromatic heterocycles. The summed E-state index contributed by atoms with van der Waals surface area (Å²) < 4.78 is 5.23. The van der Waals surface area contributed by atoms with Crippen LogP contribution in [0.1, 0.15) is 55.5 Å². The van der Waals surface area contributed by atoms with Gasteiger partial charge < -0.3 is 4.74 Å². The van der Waals surface area contributed by atoms with E-state index in [1.807, 2.05) is 18.2 Å². The molecule has 0 bridgehead atoms. The van der Waals surface area contributed by atoms with E-state index in [0.29, 0.717) is 12.8 Å². The fraction of sp³-hybridized carbons (Fsp3) is 0.529. The molecule has 0 N–H and O–H groups in total. The topological polar surface area (TPSA) is 43.4 Å². The second-order valence-corrected chi connectivity index (χ2v) is 5.79. The molecule has 20 heavy (non-hydrogen) atoms. The number of ketones is 2. The number of ether oxygens (including phenoxy) is 1. The first kappa shape index (κ1) is 14.8. The van der Waals surface area contributed by atoms with Gasteiger partial charge in [-0.15, -0.1) is 0 Å². The molecule has 1 unspecified atom stereocenters. The quantitative estimate of drug-likeness (QED) is 0.796. The van der Waals surface area contributed by atoms with Gasteiger partial charge in [-0.3, -0.25) is 9.59 Å². The molecule has 0 heterocycles. The number of hydrogen-bond acceptors (Lipinski definition) is 3. The Morgan fingerprint density at radius 3 is 2.75 bits per heavy atom. The van der Waals surface area contributed by atoms with Gasteiger partial charge in [-0.05, 0) is 43.5 Å². The van der Waals surface area contributed by atoms with Gasteiger partial charge in [0.05, 0.1) is 7.11 Å². The summed E-state index contributed by atoms with van der Waals surface area (Å²) in [6.07, 6.45) is 3.82. The average Bonchev–Trinajstić information content (AvgIpc) is 2.68. The number of hydrogen-bond donors (Lipinski definition) is 0. The second-order valence-electron chi connectivity index (χ2n) is 5.79. The molecule has 0 spiro atoms.